The summed E-state index contributed by atoms with van der Waals surface area (Å²) in [6, 6.07) is 10.00. The average Bonchev–Trinajstić information content (AvgIpc) is 2.98. The fourth-order valence-electron chi connectivity index (χ4n) is 2.63. The molecule has 1 aromatic carbocycles. The van der Waals surface area contributed by atoms with Crippen molar-refractivity contribution >= 4 is 17.7 Å². The Kier molecular flexibility index (Phi) is 4.86. The van der Waals surface area contributed by atoms with Gasteiger partial charge in [0.15, 0.2) is 0 Å². The molecule has 0 N–H and O–H groups in total. The molecule has 1 aliphatic rings. The Morgan fingerprint density at radius 2 is 2.11 bits per heavy atom. The normalized spacial score (nSPS) is 15.2. The number of carbonyl (C=O) groups is 1. The van der Waals surface area contributed by atoms with Crippen LogP contribution in [0.3, 0.4) is 0 Å². The summed E-state index contributed by atoms with van der Waals surface area (Å²) >= 11 is 1.57. The van der Waals surface area contributed by atoms with Gasteiger partial charge in [-0.05, 0) is 31.2 Å². The molecule has 2 rings (SSSR count). The number of hydrogen-bond acceptors (Lipinski definition) is 3. The molecule has 1 amide bonds. The zero-order chi connectivity index (χ0) is 13.7. The summed E-state index contributed by atoms with van der Waals surface area (Å²) in [5.41, 5.74) is 0.720. The first-order valence-corrected chi connectivity index (χ1v) is 7.81. The van der Waals surface area contributed by atoms with Crippen LogP contribution in [0.25, 0.3) is 0 Å². The molecule has 100 valence electrons. The molecule has 4 heteroatoms. The van der Waals surface area contributed by atoms with Gasteiger partial charge in [0, 0.05) is 10.9 Å². The summed E-state index contributed by atoms with van der Waals surface area (Å²) in [6.45, 7) is 0.187. The molecule has 0 heterocycles. The number of amides is 1. The molecule has 1 fully saturated rings. The van der Waals surface area contributed by atoms with Gasteiger partial charge >= 0.3 is 0 Å². The molecule has 0 spiro atoms. The second kappa shape index (κ2) is 6.63. The van der Waals surface area contributed by atoms with Gasteiger partial charge in [-0.3, -0.25) is 4.79 Å². The van der Waals surface area contributed by atoms with Crippen LogP contribution in [0.1, 0.15) is 36.0 Å². The van der Waals surface area contributed by atoms with Crippen LogP contribution in [0, 0.1) is 11.3 Å². The van der Waals surface area contributed by atoms with Crippen LogP contribution in [0.15, 0.2) is 29.2 Å². The molecule has 0 aromatic heterocycles. The minimum Gasteiger partial charge on any atom is -0.322 e. The Labute approximate surface area is 118 Å². The standard InChI is InChI=1S/C15H18N2OS/c1-19-14-9-5-4-8-13(14)15(18)17(11-10-16)12-6-2-3-7-12/h4-5,8-9,12H,2-3,6-7,11H2,1H3. The van der Waals surface area contributed by atoms with Gasteiger partial charge in [0.25, 0.3) is 5.91 Å². The zero-order valence-corrected chi connectivity index (χ0v) is 11.9. The third kappa shape index (κ3) is 3.10. The maximum Gasteiger partial charge on any atom is 0.256 e. The Balaban J connectivity index is 2.26. The van der Waals surface area contributed by atoms with E-state index in [1.54, 1.807) is 16.7 Å². The van der Waals surface area contributed by atoms with Crippen molar-refractivity contribution in [2.75, 3.05) is 12.8 Å². The Morgan fingerprint density at radius 1 is 1.42 bits per heavy atom. The van der Waals surface area contributed by atoms with Crippen LogP contribution in [-0.2, 0) is 0 Å². The molecule has 1 aliphatic carbocycles. The molecule has 0 unspecified atom stereocenters. The molecular formula is C15H18N2OS. The molecule has 1 saturated carbocycles. The van der Waals surface area contributed by atoms with Gasteiger partial charge in [0.2, 0.25) is 0 Å². The highest BCUT2D eigenvalue weighted by Gasteiger charge is 2.28. The Bertz CT molecular complexity index is 489. The van der Waals surface area contributed by atoms with E-state index in [9.17, 15) is 4.79 Å². The first-order valence-electron chi connectivity index (χ1n) is 6.59. The minimum absolute atomic E-state index is 0.00148. The van der Waals surface area contributed by atoms with E-state index in [1.165, 1.54) is 0 Å². The summed E-state index contributed by atoms with van der Waals surface area (Å²) in [7, 11) is 0. The van der Waals surface area contributed by atoms with E-state index in [4.69, 9.17) is 5.26 Å². The van der Waals surface area contributed by atoms with Crippen molar-refractivity contribution in [3.8, 4) is 6.07 Å². The number of nitrogens with zero attached hydrogens (tertiary/aromatic N) is 2. The summed E-state index contributed by atoms with van der Waals surface area (Å²) in [5.74, 6) is -0.00148. The second-order valence-electron chi connectivity index (χ2n) is 4.73. The van der Waals surface area contributed by atoms with Crippen LogP contribution in [-0.4, -0.2) is 29.6 Å². The van der Waals surface area contributed by atoms with Gasteiger partial charge in [-0.2, -0.15) is 5.26 Å². The fraction of sp³-hybridized carbons (Fsp3) is 0.467. The van der Waals surface area contributed by atoms with Gasteiger partial charge in [-0.25, -0.2) is 0 Å². The van der Waals surface area contributed by atoms with Crippen LogP contribution in [0.5, 0.6) is 0 Å². The van der Waals surface area contributed by atoms with E-state index >= 15 is 0 Å². The first-order chi connectivity index (χ1) is 9.27. The van der Waals surface area contributed by atoms with Gasteiger partial charge < -0.3 is 4.90 Å². The third-order valence-corrected chi connectivity index (χ3v) is 4.40. The lowest BCUT2D eigenvalue weighted by molar-refractivity contribution is 0.0706. The quantitative estimate of drug-likeness (QED) is 0.625. The number of rotatable bonds is 4. The van der Waals surface area contributed by atoms with Crippen molar-refractivity contribution in [2.24, 2.45) is 0 Å². The van der Waals surface area contributed by atoms with E-state index in [0.29, 0.717) is 0 Å². The highest BCUT2D eigenvalue weighted by Crippen LogP contribution is 2.27. The lowest BCUT2D eigenvalue weighted by Gasteiger charge is -2.27. The van der Waals surface area contributed by atoms with Gasteiger partial charge in [-0.1, -0.05) is 25.0 Å². The van der Waals surface area contributed by atoms with Gasteiger partial charge in [0.05, 0.1) is 11.6 Å². The van der Waals surface area contributed by atoms with Crippen molar-refractivity contribution in [2.45, 2.75) is 36.6 Å². The van der Waals surface area contributed by atoms with Crippen molar-refractivity contribution in [3.05, 3.63) is 29.8 Å². The summed E-state index contributed by atoms with van der Waals surface area (Å²) in [6.07, 6.45) is 6.33. The van der Waals surface area contributed by atoms with Crippen molar-refractivity contribution in [1.82, 2.24) is 4.90 Å². The van der Waals surface area contributed by atoms with Gasteiger partial charge in [0.1, 0.15) is 6.54 Å². The minimum atomic E-state index is -0.00148. The predicted molar refractivity (Wildman–Crippen MR) is 77.1 cm³/mol. The molecule has 0 atom stereocenters. The number of nitriles is 1. The Morgan fingerprint density at radius 3 is 2.74 bits per heavy atom. The van der Waals surface area contributed by atoms with E-state index in [-0.39, 0.29) is 18.5 Å². The van der Waals surface area contributed by atoms with Crippen molar-refractivity contribution in [1.29, 1.82) is 5.26 Å². The predicted octanol–water partition coefficient (Wildman–Crippen LogP) is 3.32. The smallest absolute Gasteiger partial charge is 0.256 e. The van der Waals surface area contributed by atoms with Crippen LogP contribution in [0.2, 0.25) is 0 Å². The topological polar surface area (TPSA) is 44.1 Å². The number of thioether (sulfide) groups is 1. The number of benzene rings is 1. The molecule has 0 aliphatic heterocycles. The van der Waals surface area contributed by atoms with E-state index in [2.05, 4.69) is 6.07 Å². The highest BCUT2D eigenvalue weighted by atomic mass is 32.2. The van der Waals surface area contributed by atoms with E-state index in [0.717, 1.165) is 36.1 Å². The van der Waals surface area contributed by atoms with Crippen molar-refractivity contribution in [3.63, 3.8) is 0 Å². The lowest BCUT2D eigenvalue weighted by atomic mass is 10.1. The van der Waals surface area contributed by atoms with Crippen LogP contribution >= 0.6 is 11.8 Å². The second-order valence-corrected chi connectivity index (χ2v) is 5.58. The molecule has 0 radical (unpaired) electrons. The van der Waals surface area contributed by atoms with E-state index < -0.39 is 0 Å². The van der Waals surface area contributed by atoms with Crippen LogP contribution < -0.4 is 0 Å². The SMILES string of the molecule is CSc1ccccc1C(=O)N(CC#N)C1CCCC1. The average molecular weight is 274 g/mol. The Hall–Kier alpha value is -1.47. The molecule has 1 aromatic rings. The molecular weight excluding hydrogens is 256 g/mol. The first kappa shape index (κ1) is 14.0. The lowest BCUT2D eigenvalue weighted by Crippen LogP contribution is -2.39. The molecule has 3 nitrogen and oxygen atoms in total. The van der Waals surface area contributed by atoms with E-state index in [1.807, 2.05) is 30.5 Å². The van der Waals surface area contributed by atoms with Crippen molar-refractivity contribution < 1.29 is 4.79 Å². The van der Waals surface area contributed by atoms with Crippen LogP contribution in [0.4, 0.5) is 0 Å². The summed E-state index contributed by atoms with van der Waals surface area (Å²) in [4.78, 5) is 15.4. The summed E-state index contributed by atoms with van der Waals surface area (Å²) < 4.78 is 0. The monoisotopic (exact) mass is 274 g/mol. The molecule has 19 heavy (non-hydrogen) atoms. The largest absolute Gasteiger partial charge is 0.322 e. The number of carbonyl (C=O) groups excluding carboxylic acids is 1. The third-order valence-electron chi connectivity index (χ3n) is 3.60. The molecule has 0 bridgehead atoms. The fourth-order valence-corrected chi connectivity index (χ4v) is 3.22. The highest BCUT2D eigenvalue weighted by molar-refractivity contribution is 7.98. The maximum absolute atomic E-state index is 12.7. The molecule has 0 saturated heterocycles. The number of hydrogen-bond donors (Lipinski definition) is 0. The zero-order valence-electron chi connectivity index (χ0n) is 11.1. The summed E-state index contributed by atoms with van der Waals surface area (Å²) in [5, 5.41) is 8.97. The van der Waals surface area contributed by atoms with Gasteiger partial charge in [-0.15, -0.1) is 11.8 Å². The maximum atomic E-state index is 12.7.